The topological polar surface area (TPSA) is 117 Å². The van der Waals surface area contributed by atoms with Gasteiger partial charge in [-0.1, -0.05) is 54.2 Å². The molecule has 1 aromatic heterocycles. The minimum Gasteiger partial charge on any atom is -0.355 e. The number of aromatic amines is 1. The van der Waals surface area contributed by atoms with Crippen molar-refractivity contribution in [3.05, 3.63) is 60.2 Å². The molecule has 32 heavy (non-hydrogen) atoms. The van der Waals surface area contributed by atoms with Gasteiger partial charge in [0.2, 0.25) is 21.1 Å². The lowest BCUT2D eigenvalue weighted by Crippen LogP contribution is -2.30. The summed E-state index contributed by atoms with van der Waals surface area (Å²) in [7, 11) is -3.50. The number of hydrogen-bond donors (Lipinski definition) is 3. The maximum Gasteiger partial charge on any atom is 0.240 e. The molecule has 8 nitrogen and oxygen atoms in total. The van der Waals surface area contributed by atoms with Gasteiger partial charge < -0.3 is 5.32 Å². The summed E-state index contributed by atoms with van der Waals surface area (Å²) in [6.45, 7) is 4.06. The summed E-state index contributed by atoms with van der Waals surface area (Å²) in [5.74, 6) is 1.33. The van der Waals surface area contributed by atoms with Gasteiger partial charge in [-0.3, -0.25) is 9.89 Å². The van der Waals surface area contributed by atoms with Crippen LogP contribution in [-0.2, 0) is 21.2 Å². The van der Waals surface area contributed by atoms with Gasteiger partial charge in [-0.05, 0) is 38.0 Å². The van der Waals surface area contributed by atoms with Crippen LogP contribution in [0.5, 0.6) is 0 Å². The standard InChI is InChI=1S/C22H27N5O3S2/c1-16(2)27-32(29,30)19-11-8-17(9-12-19)10-13-20(28)23-14-15-31-22-24-21(25-26-22)18-6-4-3-5-7-18/h3-9,11-12,16,27H,10,13-15H2,1-2H3,(H,23,28)(H,24,25,26). The highest BCUT2D eigenvalue weighted by molar-refractivity contribution is 7.99. The molecule has 0 spiro atoms. The molecule has 1 amide bonds. The molecule has 0 unspecified atom stereocenters. The molecule has 0 aliphatic carbocycles. The predicted octanol–water partition coefficient (Wildman–Crippen LogP) is 3.00. The Balaban J connectivity index is 1.37. The van der Waals surface area contributed by atoms with Crippen LogP contribution in [0, 0.1) is 0 Å². The maximum atomic E-state index is 12.2. The zero-order valence-electron chi connectivity index (χ0n) is 18.0. The van der Waals surface area contributed by atoms with E-state index in [1.165, 1.54) is 11.8 Å². The van der Waals surface area contributed by atoms with Crippen molar-refractivity contribution < 1.29 is 13.2 Å². The Labute approximate surface area is 192 Å². The highest BCUT2D eigenvalue weighted by atomic mass is 32.2. The zero-order valence-corrected chi connectivity index (χ0v) is 19.7. The molecule has 2 aromatic carbocycles. The summed E-state index contributed by atoms with van der Waals surface area (Å²) < 4.78 is 26.9. The van der Waals surface area contributed by atoms with E-state index in [0.717, 1.165) is 17.0 Å². The van der Waals surface area contributed by atoms with E-state index in [-0.39, 0.29) is 16.8 Å². The second kappa shape index (κ2) is 11.3. The lowest BCUT2D eigenvalue weighted by atomic mass is 10.1. The molecule has 0 bridgehead atoms. The fourth-order valence-electron chi connectivity index (χ4n) is 2.93. The van der Waals surface area contributed by atoms with E-state index in [9.17, 15) is 13.2 Å². The summed E-state index contributed by atoms with van der Waals surface area (Å²) in [6, 6.07) is 16.2. The quantitative estimate of drug-likeness (QED) is 0.291. The molecular weight excluding hydrogens is 446 g/mol. The summed E-state index contributed by atoms with van der Waals surface area (Å²) >= 11 is 1.47. The normalized spacial score (nSPS) is 11.6. The summed E-state index contributed by atoms with van der Waals surface area (Å²) in [5.41, 5.74) is 1.88. The Kier molecular flexibility index (Phi) is 8.43. The molecule has 0 atom stereocenters. The Bertz CT molecular complexity index is 1110. The molecule has 0 aliphatic heterocycles. The second-order valence-corrected chi connectivity index (χ2v) is 10.2. The molecule has 3 aromatic rings. The third-order valence-corrected chi connectivity index (χ3v) is 6.96. The third-order valence-electron chi connectivity index (χ3n) is 4.43. The van der Waals surface area contributed by atoms with Crippen molar-refractivity contribution in [3.8, 4) is 11.4 Å². The van der Waals surface area contributed by atoms with Crippen molar-refractivity contribution in [2.75, 3.05) is 12.3 Å². The Hall–Kier alpha value is -2.69. The zero-order chi connectivity index (χ0) is 23.0. The molecule has 3 N–H and O–H groups in total. The first kappa shape index (κ1) is 24.0. The number of rotatable bonds is 11. The molecule has 3 rings (SSSR count). The number of nitrogens with zero attached hydrogens (tertiary/aromatic N) is 2. The predicted molar refractivity (Wildman–Crippen MR) is 126 cm³/mol. The van der Waals surface area contributed by atoms with Crippen molar-refractivity contribution >= 4 is 27.7 Å². The molecule has 0 aliphatic rings. The number of benzene rings is 2. The van der Waals surface area contributed by atoms with E-state index in [2.05, 4.69) is 25.2 Å². The number of aryl methyl sites for hydroxylation is 1. The van der Waals surface area contributed by atoms with Gasteiger partial charge >= 0.3 is 0 Å². The highest BCUT2D eigenvalue weighted by Crippen LogP contribution is 2.18. The molecule has 0 radical (unpaired) electrons. The van der Waals surface area contributed by atoms with Crippen LogP contribution in [0.15, 0.2) is 64.6 Å². The lowest BCUT2D eigenvalue weighted by molar-refractivity contribution is -0.120. The van der Waals surface area contributed by atoms with E-state index >= 15 is 0 Å². The first-order valence-corrected chi connectivity index (χ1v) is 12.8. The molecule has 0 fully saturated rings. The Morgan fingerprint density at radius 3 is 2.50 bits per heavy atom. The van der Waals surface area contributed by atoms with Gasteiger partial charge in [-0.15, -0.1) is 5.10 Å². The van der Waals surface area contributed by atoms with Crippen molar-refractivity contribution in [3.63, 3.8) is 0 Å². The molecule has 0 saturated heterocycles. The van der Waals surface area contributed by atoms with Crippen molar-refractivity contribution in [2.45, 2.75) is 42.8 Å². The van der Waals surface area contributed by atoms with Gasteiger partial charge in [-0.25, -0.2) is 18.1 Å². The van der Waals surface area contributed by atoms with Gasteiger partial charge in [0.15, 0.2) is 5.82 Å². The maximum absolute atomic E-state index is 12.2. The first-order chi connectivity index (χ1) is 15.3. The van der Waals surface area contributed by atoms with E-state index in [4.69, 9.17) is 0 Å². The van der Waals surface area contributed by atoms with Crippen LogP contribution < -0.4 is 10.0 Å². The van der Waals surface area contributed by atoms with Gasteiger partial charge in [0.25, 0.3) is 0 Å². The number of aromatic nitrogens is 3. The third kappa shape index (κ3) is 7.18. The highest BCUT2D eigenvalue weighted by Gasteiger charge is 2.15. The van der Waals surface area contributed by atoms with Crippen LogP contribution >= 0.6 is 11.8 Å². The van der Waals surface area contributed by atoms with Crippen LogP contribution in [0.3, 0.4) is 0 Å². The van der Waals surface area contributed by atoms with Crippen molar-refractivity contribution in [1.82, 2.24) is 25.2 Å². The fraction of sp³-hybridized carbons (Fsp3) is 0.318. The number of carbonyl (C=O) groups is 1. The lowest BCUT2D eigenvalue weighted by Gasteiger charge is -2.10. The van der Waals surface area contributed by atoms with Gasteiger partial charge in [0, 0.05) is 30.3 Å². The average molecular weight is 474 g/mol. The number of carbonyl (C=O) groups excluding carboxylic acids is 1. The van der Waals surface area contributed by atoms with Crippen LogP contribution in [-0.4, -0.2) is 47.8 Å². The smallest absolute Gasteiger partial charge is 0.240 e. The molecule has 0 saturated carbocycles. The van der Waals surface area contributed by atoms with E-state index in [0.29, 0.717) is 30.3 Å². The van der Waals surface area contributed by atoms with E-state index < -0.39 is 10.0 Å². The number of hydrogen-bond acceptors (Lipinski definition) is 6. The largest absolute Gasteiger partial charge is 0.355 e. The summed E-state index contributed by atoms with van der Waals surface area (Å²) in [4.78, 5) is 16.8. The van der Waals surface area contributed by atoms with E-state index in [1.54, 1.807) is 38.1 Å². The van der Waals surface area contributed by atoms with Crippen LogP contribution in [0.25, 0.3) is 11.4 Å². The van der Waals surface area contributed by atoms with Gasteiger partial charge in [0.1, 0.15) is 0 Å². The Morgan fingerprint density at radius 2 is 1.81 bits per heavy atom. The minimum absolute atomic E-state index is 0.0521. The fourth-order valence-corrected chi connectivity index (χ4v) is 4.83. The number of nitrogens with one attached hydrogen (secondary N) is 3. The van der Waals surface area contributed by atoms with Gasteiger partial charge in [-0.2, -0.15) is 0 Å². The minimum atomic E-state index is -3.50. The SMILES string of the molecule is CC(C)NS(=O)(=O)c1ccc(CCC(=O)NCCSc2n[nH]c(-c3ccccc3)n2)cc1. The van der Waals surface area contributed by atoms with E-state index in [1.807, 2.05) is 30.3 Å². The first-order valence-electron chi connectivity index (χ1n) is 10.3. The second-order valence-electron chi connectivity index (χ2n) is 7.45. The molecule has 1 heterocycles. The summed E-state index contributed by atoms with van der Waals surface area (Å²) in [6.07, 6.45) is 0.873. The van der Waals surface area contributed by atoms with Gasteiger partial charge in [0.05, 0.1) is 4.90 Å². The Morgan fingerprint density at radius 1 is 1.09 bits per heavy atom. The number of amides is 1. The number of thioether (sulfide) groups is 1. The monoisotopic (exact) mass is 473 g/mol. The van der Waals surface area contributed by atoms with Crippen LogP contribution in [0.1, 0.15) is 25.8 Å². The van der Waals surface area contributed by atoms with Crippen LogP contribution in [0.4, 0.5) is 0 Å². The average Bonchev–Trinajstić information content (AvgIpc) is 3.24. The number of H-pyrrole nitrogens is 1. The molecule has 10 heteroatoms. The number of sulfonamides is 1. The van der Waals surface area contributed by atoms with Crippen molar-refractivity contribution in [2.24, 2.45) is 0 Å². The summed E-state index contributed by atoms with van der Waals surface area (Å²) in [5, 5.41) is 10.6. The molecule has 170 valence electrons. The van der Waals surface area contributed by atoms with Crippen molar-refractivity contribution in [1.29, 1.82) is 0 Å². The van der Waals surface area contributed by atoms with Crippen LogP contribution in [0.2, 0.25) is 0 Å². The molecular formula is C22H27N5O3S2.